The number of anilines is 2. The summed E-state index contributed by atoms with van der Waals surface area (Å²) >= 11 is 0. The minimum Gasteiger partial charge on any atom is -0.353 e. The van der Waals surface area contributed by atoms with E-state index < -0.39 is 0 Å². The molecule has 0 saturated carbocycles. The van der Waals surface area contributed by atoms with Crippen molar-refractivity contribution in [3.8, 4) is 22.4 Å². The van der Waals surface area contributed by atoms with Crippen molar-refractivity contribution in [1.29, 1.82) is 0 Å². The Morgan fingerprint density at radius 2 is 1.62 bits per heavy atom. The molecular weight excluding hydrogens is 558 g/mol. The predicted molar refractivity (Wildman–Crippen MR) is 183 cm³/mol. The van der Waals surface area contributed by atoms with Crippen LogP contribution in [0.1, 0.15) is 22.4 Å². The van der Waals surface area contributed by atoms with E-state index in [0.717, 1.165) is 99.5 Å². The Morgan fingerprint density at radius 3 is 2.42 bits per heavy atom. The summed E-state index contributed by atoms with van der Waals surface area (Å²) in [7, 11) is 5.77. The Hall–Kier alpha value is -4.95. The Morgan fingerprint density at radius 1 is 0.844 bits per heavy atom. The number of nitrogens with one attached hydrogen (secondary N) is 1. The molecule has 7 rings (SSSR count). The topological polar surface area (TPSA) is 68.5 Å². The van der Waals surface area contributed by atoms with Gasteiger partial charge < -0.3 is 24.4 Å². The summed E-state index contributed by atoms with van der Waals surface area (Å²) < 4.78 is 2.07. The van der Waals surface area contributed by atoms with E-state index in [1.54, 1.807) is 19.0 Å². The summed E-state index contributed by atoms with van der Waals surface area (Å²) in [6, 6.07) is 25.5. The number of benzene rings is 3. The number of aliphatic imine (C=N–C) groups is 1. The lowest BCUT2D eigenvalue weighted by Crippen LogP contribution is -2.47. The first kappa shape index (κ1) is 28.8. The van der Waals surface area contributed by atoms with Gasteiger partial charge in [-0.1, -0.05) is 48.0 Å². The lowest BCUT2D eigenvalue weighted by Gasteiger charge is -2.34. The van der Waals surface area contributed by atoms with Crippen molar-refractivity contribution < 1.29 is 4.79 Å². The highest BCUT2D eigenvalue weighted by Crippen LogP contribution is 2.41. The fraction of sp³-hybridized carbons (Fsp3) is 0.270. The summed E-state index contributed by atoms with van der Waals surface area (Å²) in [4.78, 5) is 29.9. The highest BCUT2D eigenvalue weighted by Gasteiger charge is 2.25. The number of imidazole rings is 1. The molecule has 0 radical (unpaired) electrons. The number of rotatable bonds is 4. The van der Waals surface area contributed by atoms with Gasteiger partial charge in [0.15, 0.2) is 0 Å². The minimum atomic E-state index is 0.0367. The molecule has 1 fully saturated rings. The van der Waals surface area contributed by atoms with E-state index in [1.807, 2.05) is 6.07 Å². The van der Waals surface area contributed by atoms with Crippen LogP contribution in [0.2, 0.25) is 0 Å². The maximum absolute atomic E-state index is 13.1. The molecule has 5 aromatic rings. The summed E-state index contributed by atoms with van der Waals surface area (Å²) in [6.45, 7) is 8.05. The molecule has 0 bridgehead atoms. The zero-order valence-electron chi connectivity index (χ0n) is 26.6. The molecule has 8 nitrogen and oxygen atoms in total. The van der Waals surface area contributed by atoms with Gasteiger partial charge in [0.1, 0.15) is 11.5 Å². The summed E-state index contributed by atoms with van der Waals surface area (Å²) in [6.07, 6.45) is 2.32. The molecule has 228 valence electrons. The number of carbonyl (C=O) groups is 1. The van der Waals surface area contributed by atoms with Crippen molar-refractivity contribution in [2.75, 3.05) is 52.6 Å². The Balaban J connectivity index is 1.38. The number of carbonyl (C=O) groups excluding carboxylic acids is 1. The molecule has 0 spiro atoms. The number of aryl methyl sites for hydroxylation is 2. The van der Waals surface area contributed by atoms with Gasteiger partial charge in [-0.25, -0.2) is 9.98 Å². The van der Waals surface area contributed by atoms with Gasteiger partial charge in [0.25, 0.3) is 0 Å². The molecule has 1 amide bonds. The molecule has 45 heavy (non-hydrogen) atoms. The van der Waals surface area contributed by atoms with Gasteiger partial charge in [-0.05, 0) is 67.9 Å². The third-order valence-electron chi connectivity index (χ3n) is 8.89. The fourth-order valence-electron chi connectivity index (χ4n) is 6.25. The van der Waals surface area contributed by atoms with E-state index in [0.29, 0.717) is 0 Å². The maximum Gasteiger partial charge on any atom is 0.228 e. The highest BCUT2D eigenvalue weighted by molar-refractivity contribution is 6.08. The first-order valence-corrected chi connectivity index (χ1v) is 15.6. The van der Waals surface area contributed by atoms with E-state index in [9.17, 15) is 4.79 Å². The summed E-state index contributed by atoms with van der Waals surface area (Å²) in [5.41, 5.74) is 12.0. The Kier molecular flexibility index (Phi) is 7.37. The second-order valence-corrected chi connectivity index (χ2v) is 12.5. The van der Waals surface area contributed by atoms with Crippen molar-refractivity contribution in [2.45, 2.75) is 20.3 Å². The fourth-order valence-corrected chi connectivity index (χ4v) is 6.25. The largest absolute Gasteiger partial charge is 0.353 e. The van der Waals surface area contributed by atoms with Crippen molar-refractivity contribution in [1.82, 2.24) is 24.1 Å². The molecule has 0 atom stereocenters. The van der Waals surface area contributed by atoms with Crippen LogP contribution in [-0.2, 0) is 11.2 Å². The third kappa shape index (κ3) is 5.46. The molecule has 2 aliphatic rings. The van der Waals surface area contributed by atoms with Crippen molar-refractivity contribution in [3.05, 3.63) is 101 Å². The number of amidine groups is 1. The van der Waals surface area contributed by atoms with Gasteiger partial charge in [0.2, 0.25) is 5.91 Å². The van der Waals surface area contributed by atoms with Crippen LogP contribution in [0.15, 0.2) is 84.0 Å². The van der Waals surface area contributed by atoms with Crippen LogP contribution in [-0.4, -0.2) is 83.1 Å². The SMILES string of the molecule is Cc1ccc(-c2nc3ccc(C)cn3c2CC(=O)N(C)C)c(-c2ccc3c(c2)N=C(N2CCN(C)CC2)c2ccccc2N3)c1. The number of hydrogen-bond acceptors (Lipinski definition) is 6. The lowest BCUT2D eigenvalue weighted by atomic mass is 9.94. The normalized spacial score (nSPS) is 14.8. The third-order valence-corrected chi connectivity index (χ3v) is 8.89. The molecular formula is C37H39N7O. The Bertz CT molecular complexity index is 1960. The average Bonchev–Trinajstić information content (AvgIpc) is 3.28. The van der Waals surface area contributed by atoms with Crippen LogP contribution in [0, 0.1) is 13.8 Å². The molecule has 2 aliphatic heterocycles. The van der Waals surface area contributed by atoms with E-state index in [-0.39, 0.29) is 12.3 Å². The first-order valence-electron chi connectivity index (χ1n) is 15.6. The van der Waals surface area contributed by atoms with Gasteiger partial charge in [0.05, 0.1) is 29.2 Å². The number of amides is 1. The van der Waals surface area contributed by atoms with Crippen LogP contribution < -0.4 is 5.32 Å². The number of nitrogens with zero attached hydrogens (tertiary/aromatic N) is 6. The van der Waals surface area contributed by atoms with Crippen LogP contribution in [0.25, 0.3) is 28.0 Å². The molecule has 4 heterocycles. The Labute approximate surface area is 264 Å². The van der Waals surface area contributed by atoms with E-state index >= 15 is 0 Å². The number of hydrogen-bond donors (Lipinski definition) is 1. The van der Waals surface area contributed by atoms with Crippen LogP contribution in [0.4, 0.5) is 17.1 Å². The molecule has 1 N–H and O–H groups in total. The van der Waals surface area contributed by atoms with E-state index in [1.165, 1.54) is 0 Å². The zero-order valence-corrected chi connectivity index (χ0v) is 26.6. The number of fused-ring (bicyclic) bond motifs is 3. The first-order chi connectivity index (χ1) is 21.7. The number of para-hydroxylation sites is 1. The number of likely N-dealkylation sites (N-methyl/N-ethyl adjacent to an activating group) is 2. The van der Waals surface area contributed by atoms with Gasteiger partial charge in [-0.3, -0.25) is 4.79 Å². The second-order valence-electron chi connectivity index (χ2n) is 12.5. The van der Waals surface area contributed by atoms with E-state index in [4.69, 9.17) is 9.98 Å². The van der Waals surface area contributed by atoms with E-state index in [2.05, 4.69) is 113 Å². The smallest absolute Gasteiger partial charge is 0.228 e. The highest BCUT2D eigenvalue weighted by atomic mass is 16.2. The lowest BCUT2D eigenvalue weighted by molar-refractivity contribution is -0.128. The van der Waals surface area contributed by atoms with Crippen LogP contribution in [0.5, 0.6) is 0 Å². The predicted octanol–water partition coefficient (Wildman–Crippen LogP) is 6.30. The van der Waals surface area contributed by atoms with Gasteiger partial charge >= 0.3 is 0 Å². The van der Waals surface area contributed by atoms with Gasteiger partial charge in [0, 0.05) is 63.3 Å². The molecule has 0 unspecified atom stereocenters. The number of aromatic nitrogens is 2. The van der Waals surface area contributed by atoms with Crippen molar-refractivity contribution >= 4 is 34.5 Å². The monoisotopic (exact) mass is 597 g/mol. The van der Waals surface area contributed by atoms with Crippen LogP contribution >= 0.6 is 0 Å². The molecule has 3 aromatic carbocycles. The van der Waals surface area contributed by atoms with Crippen molar-refractivity contribution in [3.63, 3.8) is 0 Å². The summed E-state index contributed by atoms with van der Waals surface area (Å²) in [5, 5.41) is 3.67. The van der Waals surface area contributed by atoms with Crippen LogP contribution in [0.3, 0.4) is 0 Å². The maximum atomic E-state index is 13.1. The quantitative estimate of drug-likeness (QED) is 0.264. The average molecular weight is 598 g/mol. The van der Waals surface area contributed by atoms with Crippen molar-refractivity contribution in [2.24, 2.45) is 4.99 Å². The minimum absolute atomic E-state index is 0.0367. The molecule has 2 aromatic heterocycles. The summed E-state index contributed by atoms with van der Waals surface area (Å²) in [5.74, 6) is 1.04. The molecule has 1 saturated heterocycles. The second kappa shape index (κ2) is 11.5. The zero-order chi connectivity index (χ0) is 31.2. The standard InChI is InChI=1S/C37H39N7O/c1-24-10-13-27(36-33(22-35(45)41(3)4)44-23-25(2)11-15-34(44)40-36)29(20-24)26-12-14-31-32(21-26)39-37(43-18-16-42(5)17-19-43)28-8-6-7-9-30(28)38-31/h6-15,20-21,23,38H,16-19,22H2,1-5H3. The van der Waals surface area contributed by atoms with Gasteiger partial charge in [-0.15, -0.1) is 0 Å². The molecule has 8 heteroatoms. The number of piperazine rings is 1. The number of pyridine rings is 1. The molecule has 0 aliphatic carbocycles. The van der Waals surface area contributed by atoms with Gasteiger partial charge in [-0.2, -0.15) is 0 Å².